The van der Waals surface area contributed by atoms with Gasteiger partial charge in [0.1, 0.15) is 11.4 Å². The van der Waals surface area contributed by atoms with E-state index in [2.05, 4.69) is 0 Å². The van der Waals surface area contributed by atoms with Crippen molar-refractivity contribution in [3.05, 3.63) is 61.8 Å². The minimum absolute atomic E-state index is 0.111. The number of likely N-dealkylation sites (tertiary alicyclic amines) is 1. The second-order valence-electron chi connectivity index (χ2n) is 6.69. The van der Waals surface area contributed by atoms with Gasteiger partial charge in [-0.05, 0) is 24.1 Å². The highest BCUT2D eigenvalue weighted by Crippen LogP contribution is 2.15. The molecular formula is C19H20N4O6. The predicted molar refractivity (Wildman–Crippen MR) is 102 cm³/mol. The summed E-state index contributed by atoms with van der Waals surface area (Å²) < 4.78 is 5.88. The van der Waals surface area contributed by atoms with Crippen molar-refractivity contribution in [1.29, 1.82) is 0 Å². The molecule has 29 heavy (non-hydrogen) atoms. The Morgan fingerprint density at radius 3 is 2.48 bits per heavy atom. The summed E-state index contributed by atoms with van der Waals surface area (Å²) in [6, 6.07) is 6.49. The maximum atomic E-state index is 12.2. The quantitative estimate of drug-likeness (QED) is 0.505. The molecule has 1 aromatic heterocycles. The first-order chi connectivity index (χ1) is 13.8. The van der Waals surface area contributed by atoms with Crippen molar-refractivity contribution in [2.75, 3.05) is 18.9 Å². The van der Waals surface area contributed by atoms with Crippen LogP contribution in [0.1, 0.15) is 39.1 Å². The molecule has 1 amide bonds. The molecule has 0 unspecified atom stereocenters. The Bertz CT molecular complexity index is 1080. The summed E-state index contributed by atoms with van der Waals surface area (Å²) in [6.45, 7) is 0.494. The Hall–Kier alpha value is -3.69. The zero-order valence-corrected chi connectivity index (χ0v) is 15.8. The van der Waals surface area contributed by atoms with Crippen LogP contribution in [0.3, 0.4) is 0 Å². The van der Waals surface area contributed by atoms with Crippen molar-refractivity contribution < 1.29 is 19.1 Å². The molecule has 2 heterocycles. The summed E-state index contributed by atoms with van der Waals surface area (Å²) in [4.78, 5) is 63.1. The number of nitrogens with zero attached hydrogens (tertiary/aromatic N) is 2. The molecule has 0 spiro atoms. The number of aromatic amines is 1. The van der Waals surface area contributed by atoms with E-state index in [0.29, 0.717) is 13.0 Å². The summed E-state index contributed by atoms with van der Waals surface area (Å²) in [5.74, 6) is -1.76. The van der Waals surface area contributed by atoms with Crippen LogP contribution in [0.4, 0.5) is 5.82 Å². The lowest BCUT2D eigenvalue weighted by molar-refractivity contribution is -0.128. The van der Waals surface area contributed by atoms with Crippen molar-refractivity contribution >= 4 is 23.5 Å². The maximum absolute atomic E-state index is 12.2. The number of aromatic nitrogens is 2. The number of benzene rings is 1. The van der Waals surface area contributed by atoms with Crippen LogP contribution in [0.15, 0.2) is 33.9 Å². The lowest BCUT2D eigenvalue weighted by atomic mass is 10.1. The van der Waals surface area contributed by atoms with Gasteiger partial charge in [-0.1, -0.05) is 12.1 Å². The molecule has 10 nitrogen and oxygen atoms in total. The van der Waals surface area contributed by atoms with Gasteiger partial charge in [0.2, 0.25) is 11.7 Å². The van der Waals surface area contributed by atoms with Gasteiger partial charge in [0.15, 0.2) is 6.61 Å². The van der Waals surface area contributed by atoms with E-state index >= 15 is 0 Å². The smallest absolute Gasteiger partial charge is 0.338 e. The Balaban J connectivity index is 1.63. The van der Waals surface area contributed by atoms with Crippen molar-refractivity contribution in [1.82, 2.24) is 14.5 Å². The monoisotopic (exact) mass is 400 g/mol. The number of nitrogens with one attached hydrogen (secondary N) is 1. The third kappa shape index (κ3) is 4.26. The molecule has 1 aliphatic rings. The number of carbonyl (C=O) groups is 3. The molecule has 0 aliphatic carbocycles. The van der Waals surface area contributed by atoms with E-state index in [1.807, 2.05) is 4.98 Å². The third-order valence-electron chi connectivity index (χ3n) is 4.72. The number of carbonyl (C=O) groups excluding carboxylic acids is 3. The van der Waals surface area contributed by atoms with Crippen LogP contribution in [0.2, 0.25) is 0 Å². The number of amides is 1. The average Bonchev–Trinajstić information content (AvgIpc) is 3.09. The number of anilines is 1. The molecule has 3 N–H and O–H groups in total. The van der Waals surface area contributed by atoms with Gasteiger partial charge in [0.05, 0.1) is 5.56 Å². The van der Waals surface area contributed by atoms with Crippen molar-refractivity contribution in [3.63, 3.8) is 0 Å². The van der Waals surface area contributed by atoms with Gasteiger partial charge in [-0.15, -0.1) is 0 Å². The summed E-state index contributed by atoms with van der Waals surface area (Å²) in [5, 5.41) is 0. The highest BCUT2D eigenvalue weighted by atomic mass is 16.5. The summed E-state index contributed by atoms with van der Waals surface area (Å²) in [6.07, 6.45) is 1.40. The van der Waals surface area contributed by atoms with Gasteiger partial charge in [0.25, 0.3) is 5.56 Å². The van der Waals surface area contributed by atoms with E-state index in [9.17, 15) is 24.0 Å². The van der Waals surface area contributed by atoms with Gasteiger partial charge in [-0.3, -0.25) is 23.9 Å². The fraction of sp³-hybridized carbons (Fsp3) is 0.316. The van der Waals surface area contributed by atoms with Crippen LogP contribution in [0, 0.1) is 0 Å². The van der Waals surface area contributed by atoms with Crippen molar-refractivity contribution in [3.8, 4) is 0 Å². The number of ketones is 1. The largest absolute Gasteiger partial charge is 0.454 e. The fourth-order valence-electron chi connectivity index (χ4n) is 3.03. The van der Waals surface area contributed by atoms with Crippen LogP contribution in [-0.4, -0.2) is 45.3 Å². The molecule has 1 fully saturated rings. The van der Waals surface area contributed by atoms with Gasteiger partial charge < -0.3 is 15.4 Å². The minimum atomic E-state index is -0.938. The van der Waals surface area contributed by atoms with Gasteiger partial charge >= 0.3 is 11.7 Å². The predicted octanol–water partition coefficient (Wildman–Crippen LogP) is -0.182. The zero-order chi connectivity index (χ0) is 21.1. The minimum Gasteiger partial charge on any atom is -0.454 e. The molecule has 10 heteroatoms. The van der Waals surface area contributed by atoms with Gasteiger partial charge in [0, 0.05) is 26.6 Å². The molecule has 0 saturated carbocycles. The van der Waals surface area contributed by atoms with E-state index in [1.54, 1.807) is 17.0 Å². The lowest BCUT2D eigenvalue weighted by Gasteiger charge is -2.15. The van der Waals surface area contributed by atoms with E-state index in [-0.39, 0.29) is 17.3 Å². The topological polar surface area (TPSA) is 145 Å². The van der Waals surface area contributed by atoms with Crippen molar-refractivity contribution in [2.24, 2.45) is 7.05 Å². The maximum Gasteiger partial charge on any atom is 0.338 e. The number of Topliss-reactive ketones (excluding diaryl/α,β-unsaturated/α-hetero) is 1. The standard InChI is InChI=1S/C19H20N4O6/c1-22-16(20)15(17(26)21-19(22)28)13(24)10-29-18(27)12-6-4-11(5-7-12)9-23-8-2-3-14(23)25/h4-7H,2-3,8-10,20H2,1H3,(H,21,26,28). The number of ether oxygens (including phenoxy) is 1. The molecule has 2 aromatic rings. The molecule has 1 saturated heterocycles. The summed E-state index contributed by atoms with van der Waals surface area (Å²) in [5.41, 5.74) is 4.61. The first-order valence-corrected chi connectivity index (χ1v) is 8.93. The average molecular weight is 400 g/mol. The van der Waals surface area contributed by atoms with E-state index in [4.69, 9.17) is 10.5 Å². The third-order valence-corrected chi connectivity index (χ3v) is 4.72. The lowest BCUT2D eigenvalue weighted by Crippen LogP contribution is -2.35. The second-order valence-corrected chi connectivity index (χ2v) is 6.69. The molecule has 0 bridgehead atoms. The Morgan fingerprint density at radius 1 is 1.17 bits per heavy atom. The van der Waals surface area contributed by atoms with Crippen LogP contribution in [-0.2, 0) is 23.1 Å². The number of hydrogen-bond donors (Lipinski definition) is 2. The Kier molecular flexibility index (Phi) is 5.62. The van der Waals surface area contributed by atoms with Crippen molar-refractivity contribution in [2.45, 2.75) is 19.4 Å². The fourth-order valence-corrected chi connectivity index (χ4v) is 3.03. The van der Waals surface area contributed by atoms with Crippen LogP contribution >= 0.6 is 0 Å². The van der Waals surface area contributed by atoms with Gasteiger partial charge in [-0.2, -0.15) is 0 Å². The number of hydrogen-bond acceptors (Lipinski definition) is 7. The summed E-state index contributed by atoms with van der Waals surface area (Å²) in [7, 11) is 1.30. The van der Waals surface area contributed by atoms with E-state index in [0.717, 1.165) is 23.1 Å². The van der Waals surface area contributed by atoms with Crippen LogP contribution in [0.25, 0.3) is 0 Å². The molecule has 152 valence electrons. The Morgan fingerprint density at radius 2 is 1.86 bits per heavy atom. The molecule has 1 aliphatic heterocycles. The molecule has 0 atom stereocenters. The number of rotatable bonds is 6. The van der Waals surface area contributed by atoms with E-state index in [1.165, 1.54) is 19.2 Å². The molecular weight excluding hydrogens is 380 g/mol. The number of esters is 1. The first-order valence-electron chi connectivity index (χ1n) is 8.93. The van der Waals surface area contributed by atoms with Gasteiger partial charge in [-0.25, -0.2) is 9.59 Å². The number of nitrogens with two attached hydrogens (primary N) is 1. The highest BCUT2D eigenvalue weighted by Gasteiger charge is 2.21. The SMILES string of the molecule is Cn1c(N)c(C(=O)COC(=O)c2ccc(CN3CCCC3=O)cc2)c(=O)[nH]c1=O. The number of nitrogen functional groups attached to an aromatic ring is 1. The van der Waals surface area contributed by atoms with E-state index < -0.39 is 35.2 Å². The zero-order valence-electron chi connectivity index (χ0n) is 15.8. The Labute approximate surface area is 164 Å². The van der Waals surface area contributed by atoms with Crippen LogP contribution < -0.4 is 17.0 Å². The number of H-pyrrole nitrogens is 1. The summed E-state index contributed by atoms with van der Waals surface area (Å²) >= 11 is 0. The molecule has 0 radical (unpaired) electrons. The first kappa shape index (κ1) is 20.1. The molecule has 1 aromatic carbocycles. The molecule has 3 rings (SSSR count). The highest BCUT2D eigenvalue weighted by molar-refractivity contribution is 6.02. The second kappa shape index (κ2) is 8.13. The van der Waals surface area contributed by atoms with Crippen LogP contribution in [0.5, 0.6) is 0 Å². The normalized spacial score (nSPS) is 13.6.